The Labute approximate surface area is 183 Å². The second kappa shape index (κ2) is 10.6. The summed E-state index contributed by atoms with van der Waals surface area (Å²) in [6.45, 7) is 0.576. The maximum atomic E-state index is 8.49. The molecule has 0 amide bonds. The largest absolute Gasteiger partial charge is 0.444 e. The third-order valence-electron chi connectivity index (χ3n) is 3.95. The Bertz CT molecular complexity index is 1110. The third kappa shape index (κ3) is 5.94. The van der Waals surface area contributed by atoms with Crippen LogP contribution in [0.25, 0.3) is 22.9 Å². The maximum absolute atomic E-state index is 8.49. The third-order valence-corrected chi connectivity index (χ3v) is 4.45. The SMILES string of the molecule is N#CCc1coc(-c2ccc(Cl)cc2)n1.NCCc1coc(-c2ccc(Cl)cc2)n1. The maximum Gasteiger partial charge on any atom is 0.226 e. The van der Waals surface area contributed by atoms with Crippen LogP contribution in [0.15, 0.2) is 69.9 Å². The zero-order valence-electron chi connectivity index (χ0n) is 15.9. The van der Waals surface area contributed by atoms with Crippen molar-refractivity contribution in [1.82, 2.24) is 9.97 Å². The number of rotatable bonds is 5. The van der Waals surface area contributed by atoms with E-state index in [4.69, 9.17) is 43.0 Å². The summed E-state index contributed by atoms with van der Waals surface area (Å²) in [5.41, 5.74) is 8.72. The summed E-state index contributed by atoms with van der Waals surface area (Å²) in [5, 5.41) is 9.86. The van der Waals surface area contributed by atoms with E-state index in [0.717, 1.165) is 23.2 Å². The van der Waals surface area contributed by atoms with E-state index >= 15 is 0 Å². The van der Waals surface area contributed by atoms with Crippen molar-refractivity contribution >= 4 is 23.2 Å². The summed E-state index contributed by atoms with van der Waals surface area (Å²) in [5.74, 6) is 1.12. The average molecular weight is 441 g/mol. The summed E-state index contributed by atoms with van der Waals surface area (Å²) < 4.78 is 10.6. The van der Waals surface area contributed by atoms with Crippen molar-refractivity contribution in [2.24, 2.45) is 5.73 Å². The van der Waals surface area contributed by atoms with Crippen molar-refractivity contribution in [3.05, 3.63) is 82.5 Å². The van der Waals surface area contributed by atoms with Gasteiger partial charge in [-0.15, -0.1) is 0 Å². The molecule has 4 rings (SSSR count). The molecule has 152 valence electrons. The van der Waals surface area contributed by atoms with Crippen molar-refractivity contribution in [1.29, 1.82) is 5.26 Å². The second-order valence-electron chi connectivity index (χ2n) is 6.18. The van der Waals surface area contributed by atoms with Crippen LogP contribution in [0.5, 0.6) is 0 Å². The Morgan fingerprint density at radius 2 is 1.27 bits per heavy atom. The second-order valence-corrected chi connectivity index (χ2v) is 7.05. The highest BCUT2D eigenvalue weighted by molar-refractivity contribution is 6.30. The molecule has 0 saturated carbocycles. The highest BCUT2D eigenvalue weighted by Gasteiger charge is 2.06. The lowest BCUT2D eigenvalue weighted by atomic mass is 10.2. The van der Waals surface area contributed by atoms with E-state index in [1.807, 2.05) is 42.5 Å². The fraction of sp³-hybridized carbons (Fsp3) is 0.136. The average Bonchev–Trinajstić information content (AvgIpc) is 3.40. The molecule has 2 aromatic heterocycles. The molecule has 0 aliphatic rings. The lowest BCUT2D eigenvalue weighted by molar-refractivity contribution is 0.572. The minimum atomic E-state index is 0.261. The van der Waals surface area contributed by atoms with Crippen molar-refractivity contribution in [2.45, 2.75) is 12.8 Å². The highest BCUT2D eigenvalue weighted by Crippen LogP contribution is 2.21. The van der Waals surface area contributed by atoms with Gasteiger partial charge in [-0.05, 0) is 55.1 Å². The van der Waals surface area contributed by atoms with Gasteiger partial charge in [0.05, 0.1) is 23.9 Å². The molecule has 0 fully saturated rings. The molecule has 0 bridgehead atoms. The van der Waals surface area contributed by atoms with E-state index in [2.05, 4.69) is 9.97 Å². The monoisotopic (exact) mass is 440 g/mol. The number of nitrogens with two attached hydrogens (primary N) is 1. The van der Waals surface area contributed by atoms with E-state index in [-0.39, 0.29) is 6.42 Å². The van der Waals surface area contributed by atoms with Crippen molar-refractivity contribution < 1.29 is 8.83 Å². The smallest absolute Gasteiger partial charge is 0.226 e. The molecule has 0 radical (unpaired) electrons. The Morgan fingerprint density at radius 1 is 0.800 bits per heavy atom. The Hall–Kier alpha value is -3.11. The number of nitrogens with zero attached hydrogens (tertiary/aromatic N) is 3. The van der Waals surface area contributed by atoms with Gasteiger partial charge in [0, 0.05) is 27.6 Å². The Balaban J connectivity index is 0.000000171. The fourth-order valence-electron chi connectivity index (χ4n) is 2.49. The van der Waals surface area contributed by atoms with E-state index in [0.29, 0.717) is 34.1 Å². The number of oxazole rings is 2. The quantitative estimate of drug-likeness (QED) is 0.435. The molecule has 30 heavy (non-hydrogen) atoms. The standard InChI is InChI=1S/C11H11ClN2O.C11H7ClN2O/c2*12-9-3-1-8(2-4-9)11-14-10(5-6-13)7-15-11/h1-4,7H,5-6,13H2;1-4,7H,5H2. The molecule has 2 heterocycles. The zero-order chi connectivity index (χ0) is 21.3. The minimum Gasteiger partial charge on any atom is -0.444 e. The molecule has 0 atom stereocenters. The van der Waals surface area contributed by atoms with Crippen molar-refractivity contribution in [2.75, 3.05) is 6.54 Å². The summed E-state index contributed by atoms with van der Waals surface area (Å²) in [4.78, 5) is 8.48. The van der Waals surface area contributed by atoms with Crippen LogP contribution in [0, 0.1) is 11.3 Å². The van der Waals surface area contributed by atoms with Gasteiger partial charge in [0.15, 0.2) is 0 Å². The van der Waals surface area contributed by atoms with Gasteiger partial charge in [-0.3, -0.25) is 0 Å². The lowest BCUT2D eigenvalue weighted by Crippen LogP contribution is -2.02. The van der Waals surface area contributed by atoms with Crippen LogP contribution in [0.4, 0.5) is 0 Å². The Kier molecular flexibility index (Phi) is 7.63. The van der Waals surface area contributed by atoms with Gasteiger partial charge in [-0.1, -0.05) is 23.2 Å². The van der Waals surface area contributed by atoms with Crippen LogP contribution in [0.1, 0.15) is 11.4 Å². The molecule has 0 saturated heterocycles. The lowest BCUT2D eigenvalue weighted by Gasteiger charge is -1.94. The molecule has 0 unspecified atom stereocenters. The summed E-state index contributed by atoms with van der Waals surface area (Å²) in [6, 6.07) is 16.6. The number of nitriles is 1. The number of hydrogen-bond donors (Lipinski definition) is 1. The number of aromatic nitrogens is 2. The molecule has 6 nitrogen and oxygen atoms in total. The van der Waals surface area contributed by atoms with Crippen LogP contribution < -0.4 is 5.73 Å². The van der Waals surface area contributed by atoms with Gasteiger partial charge < -0.3 is 14.6 Å². The molecular weight excluding hydrogens is 423 g/mol. The van der Waals surface area contributed by atoms with E-state index in [9.17, 15) is 0 Å². The first kappa shape index (κ1) is 21.6. The van der Waals surface area contributed by atoms with Crippen molar-refractivity contribution in [3.8, 4) is 29.0 Å². The highest BCUT2D eigenvalue weighted by atomic mass is 35.5. The van der Waals surface area contributed by atoms with Gasteiger partial charge in [-0.25, -0.2) is 9.97 Å². The normalized spacial score (nSPS) is 10.2. The molecule has 0 aliphatic carbocycles. The predicted octanol–water partition coefficient (Wildman–Crippen LogP) is 5.56. The van der Waals surface area contributed by atoms with Crippen molar-refractivity contribution in [3.63, 3.8) is 0 Å². The van der Waals surface area contributed by atoms with Crippen LogP contribution >= 0.6 is 23.2 Å². The summed E-state index contributed by atoms with van der Waals surface area (Å²) in [7, 11) is 0. The summed E-state index contributed by atoms with van der Waals surface area (Å²) >= 11 is 11.5. The molecule has 2 aromatic carbocycles. The van der Waals surface area contributed by atoms with Gasteiger partial charge in [0.1, 0.15) is 12.5 Å². The molecule has 0 aliphatic heterocycles. The van der Waals surface area contributed by atoms with Crippen LogP contribution in [0.3, 0.4) is 0 Å². The molecule has 0 spiro atoms. The summed E-state index contributed by atoms with van der Waals surface area (Å²) in [6.07, 6.45) is 4.12. The molecule has 2 N–H and O–H groups in total. The Morgan fingerprint density at radius 3 is 1.73 bits per heavy atom. The first-order valence-corrected chi connectivity index (χ1v) is 9.82. The molecule has 8 heteroatoms. The van der Waals surface area contributed by atoms with Crippen LogP contribution in [-0.4, -0.2) is 16.5 Å². The van der Waals surface area contributed by atoms with E-state index in [1.165, 1.54) is 6.26 Å². The first-order chi connectivity index (χ1) is 14.6. The fourth-order valence-corrected chi connectivity index (χ4v) is 2.74. The minimum absolute atomic E-state index is 0.261. The van der Waals surface area contributed by atoms with Gasteiger partial charge in [0.2, 0.25) is 11.8 Å². The van der Waals surface area contributed by atoms with Gasteiger partial charge in [-0.2, -0.15) is 5.26 Å². The number of halogens is 2. The van der Waals surface area contributed by atoms with Gasteiger partial charge in [0.25, 0.3) is 0 Å². The predicted molar refractivity (Wildman–Crippen MR) is 116 cm³/mol. The molecule has 4 aromatic rings. The topological polar surface area (TPSA) is 102 Å². The van der Waals surface area contributed by atoms with E-state index < -0.39 is 0 Å². The number of hydrogen-bond acceptors (Lipinski definition) is 6. The molecular formula is C22H18Cl2N4O2. The first-order valence-electron chi connectivity index (χ1n) is 9.06. The van der Waals surface area contributed by atoms with E-state index in [1.54, 1.807) is 18.4 Å². The van der Waals surface area contributed by atoms with Gasteiger partial charge >= 0.3 is 0 Å². The van der Waals surface area contributed by atoms with Crippen LogP contribution in [0.2, 0.25) is 10.0 Å². The van der Waals surface area contributed by atoms with Crippen LogP contribution in [-0.2, 0) is 12.8 Å². The zero-order valence-corrected chi connectivity index (χ0v) is 17.4. The number of benzene rings is 2.